The number of thioether (sulfide) groups is 1. The van der Waals surface area contributed by atoms with Crippen molar-refractivity contribution in [2.24, 2.45) is 0 Å². The Hall–Kier alpha value is -0.510. The SMILES string of the molecule is CC(CNCC1CSc2ccccc21)N(C)C1CC1. The third-order valence-electron chi connectivity index (χ3n) is 4.45. The van der Waals surface area contributed by atoms with Crippen LogP contribution >= 0.6 is 11.8 Å². The van der Waals surface area contributed by atoms with Gasteiger partial charge >= 0.3 is 0 Å². The second-order valence-corrected chi connectivity index (χ2v) is 7.01. The lowest BCUT2D eigenvalue weighted by Gasteiger charge is -2.25. The first-order chi connectivity index (χ1) is 9.25. The number of fused-ring (bicyclic) bond motifs is 1. The van der Waals surface area contributed by atoms with Gasteiger partial charge in [-0.1, -0.05) is 18.2 Å². The maximum Gasteiger partial charge on any atom is 0.0192 e. The molecule has 1 saturated carbocycles. The van der Waals surface area contributed by atoms with Gasteiger partial charge < -0.3 is 5.32 Å². The van der Waals surface area contributed by atoms with Crippen molar-refractivity contribution in [3.05, 3.63) is 29.8 Å². The lowest BCUT2D eigenvalue weighted by atomic mass is 10.0. The zero-order valence-electron chi connectivity index (χ0n) is 11.9. The molecular weight excluding hydrogens is 252 g/mol. The highest BCUT2D eigenvalue weighted by molar-refractivity contribution is 7.99. The monoisotopic (exact) mass is 276 g/mol. The lowest BCUT2D eigenvalue weighted by molar-refractivity contribution is 0.241. The Morgan fingerprint density at radius 2 is 2.16 bits per heavy atom. The van der Waals surface area contributed by atoms with Crippen molar-refractivity contribution in [1.82, 2.24) is 10.2 Å². The molecule has 0 saturated heterocycles. The van der Waals surface area contributed by atoms with Crippen molar-refractivity contribution in [1.29, 1.82) is 0 Å². The molecule has 2 nitrogen and oxygen atoms in total. The van der Waals surface area contributed by atoms with E-state index in [-0.39, 0.29) is 0 Å². The minimum atomic E-state index is 0.650. The zero-order chi connectivity index (χ0) is 13.2. The van der Waals surface area contributed by atoms with Crippen LogP contribution in [0.2, 0.25) is 0 Å². The quantitative estimate of drug-likeness (QED) is 0.860. The number of nitrogens with zero attached hydrogens (tertiary/aromatic N) is 1. The Labute approximate surface area is 121 Å². The largest absolute Gasteiger partial charge is 0.315 e. The van der Waals surface area contributed by atoms with Gasteiger partial charge in [0.05, 0.1) is 0 Å². The van der Waals surface area contributed by atoms with Crippen LogP contribution < -0.4 is 5.32 Å². The van der Waals surface area contributed by atoms with Gasteiger partial charge in [0, 0.05) is 41.7 Å². The van der Waals surface area contributed by atoms with Crippen molar-refractivity contribution in [2.45, 2.75) is 42.7 Å². The van der Waals surface area contributed by atoms with Gasteiger partial charge in [-0.15, -0.1) is 11.8 Å². The molecule has 0 aromatic heterocycles. The van der Waals surface area contributed by atoms with Gasteiger partial charge in [-0.25, -0.2) is 0 Å². The van der Waals surface area contributed by atoms with E-state index in [0.29, 0.717) is 12.0 Å². The highest BCUT2D eigenvalue weighted by Crippen LogP contribution is 2.38. The van der Waals surface area contributed by atoms with E-state index < -0.39 is 0 Å². The molecule has 3 rings (SSSR count). The molecule has 1 N–H and O–H groups in total. The number of hydrogen-bond acceptors (Lipinski definition) is 3. The molecule has 0 amide bonds. The first-order valence-electron chi connectivity index (χ1n) is 7.40. The van der Waals surface area contributed by atoms with Crippen LogP contribution in [0.1, 0.15) is 31.2 Å². The molecule has 1 aromatic carbocycles. The topological polar surface area (TPSA) is 15.3 Å². The molecule has 1 aliphatic heterocycles. The van der Waals surface area contributed by atoms with E-state index in [9.17, 15) is 0 Å². The Kier molecular flexibility index (Phi) is 4.15. The molecule has 1 fully saturated rings. The van der Waals surface area contributed by atoms with Crippen molar-refractivity contribution >= 4 is 11.8 Å². The Bertz CT molecular complexity index is 431. The Morgan fingerprint density at radius 1 is 1.37 bits per heavy atom. The fourth-order valence-corrected chi connectivity index (χ4v) is 4.10. The standard InChI is InChI=1S/C16H24N2S/c1-12(18(2)14-7-8-14)9-17-10-13-11-19-16-6-4-3-5-15(13)16/h3-6,12-14,17H,7-11H2,1-2H3. The summed E-state index contributed by atoms with van der Waals surface area (Å²) < 4.78 is 0. The van der Waals surface area contributed by atoms with E-state index in [1.54, 1.807) is 5.56 Å². The summed E-state index contributed by atoms with van der Waals surface area (Å²) in [4.78, 5) is 4.02. The van der Waals surface area contributed by atoms with E-state index in [4.69, 9.17) is 0 Å². The van der Waals surface area contributed by atoms with Gasteiger partial charge in [-0.3, -0.25) is 4.90 Å². The minimum absolute atomic E-state index is 0.650. The van der Waals surface area contributed by atoms with Crippen LogP contribution in [0.3, 0.4) is 0 Å². The highest BCUT2D eigenvalue weighted by atomic mass is 32.2. The predicted molar refractivity (Wildman–Crippen MR) is 83.0 cm³/mol. The van der Waals surface area contributed by atoms with E-state index in [2.05, 4.69) is 48.5 Å². The lowest BCUT2D eigenvalue weighted by Crippen LogP contribution is -2.40. The molecule has 2 unspecified atom stereocenters. The fourth-order valence-electron chi connectivity index (χ4n) is 2.85. The second kappa shape index (κ2) is 5.86. The average Bonchev–Trinajstić information content (AvgIpc) is 3.20. The predicted octanol–water partition coefficient (Wildman–Crippen LogP) is 2.95. The van der Waals surface area contributed by atoms with E-state index in [0.717, 1.165) is 19.1 Å². The van der Waals surface area contributed by atoms with Crippen molar-refractivity contribution in [2.75, 3.05) is 25.9 Å². The van der Waals surface area contributed by atoms with Crippen LogP contribution in [0.5, 0.6) is 0 Å². The summed E-state index contributed by atoms with van der Waals surface area (Å²) in [7, 11) is 2.27. The molecule has 2 aliphatic rings. The molecule has 3 heteroatoms. The number of benzene rings is 1. The van der Waals surface area contributed by atoms with Crippen molar-refractivity contribution in [3.8, 4) is 0 Å². The smallest absolute Gasteiger partial charge is 0.0192 e. The fraction of sp³-hybridized carbons (Fsp3) is 0.625. The number of hydrogen-bond donors (Lipinski definition) is 1. The van der Waals surface area contributed by atoms with E-state index in [1.165, 1.54) is 23.5 Å². The zero-order valence-corrected chi connectivity index (χ0v) is 12.7. The molecule has 19 heavy (non-hydrogen) atoms. The number of likely N-dealkylation sites (N-methyl/N-ethyl adjacent to an activating group) is 1. The first-order valence-corrected chi connectivity index (χ1v) is 8.38. The summed E-state index contributed by atoms with van der Waals surface area (Å²) in [5.41, 5.74) is 1.54. The van der Waals surface area contributed by atoms with Crippen LogP contribution in [0, 0.1) is 0 Å². The maximum atomic E-state index is 3.68. The Morgan fingerprint density at radius 3 is 2.95 bits per heavy atom. The molecule has 0 radical (unpaired) electrons. The molecule has 2 atom stereocenters. The first kappa shape index (κ1) is 13.5. The molecule has 1 heterocycles. The highest BCUT2D eigenvalue weighted by Gasteiger charge is 2.29. The summed E-state index contributed by atoms with van der Waals surface area (Å²) in [6.45, 7) is 4.56. The third-order valence-corrected chi connectivity index (χ3v) is 5.70. The van der Waals surface area contributed by atoms with E-state index in [1.807, 2.05) is 11.8 Å². The van der Waals surface area contributed by atoms with Gasteiger partial charge in [0.2, 0.25) is 0 Å². The van der Waals surface area contributed by atoms with E-state index >= 15 is 0 Å². The normalized spacial score (nSPS) is 23.6. The second-order valence-electron chi connectivity index (χ2n) is 5.95. The van der Waals surface area contributed by atoms with Crippen LogP contribution in [-0.2, 0) is 0 Å². The number of rotatable bonds is 6. The molecule has 1 aromatic rings. The van der Waals surface area contributed by atoms with Gasteiger partial charge in [-0.2, -0.15) is 0 Å². The molecule has 104 valence electrons. The maximum absolute atomic E-state index is 3.68. The van der Waals surface area contributed by atoms with Crippen LogP contribution in [0.15, 0.2) is 29.2 Å². The number of nitrogens with one attached hydrogen (secondary N) is 1. The van der Waals surface area contributed by atoms with Gasteiger partial charge in [0.15, 0.2) is 0 Å². The van der Waals surface area contributed by atoms with Crippen LogP contribution in [0.4, 0.5) is 0 Å². The van der Waals surface area contributed by atoms with Gasteiger partial charge in [0.1, 0.15) is 0 Å². The van der Waals surface area contributed by atoms with Gasteiger partial charge in [0.25, 0.3) is 0 Å². The molecule has 0 spiro atoms. The summed E-state index contributed by atoms with van der Waals surface area (Å²) in [5, 5.41) is 3.68. The summed E-state index contributed by atoms with van der Waals surface area (Å²) >= 11 is 2.01. The average molecular weight is 276 g/mol. The van der Waals surface area contributed by atoms with Crippen molar-refractivity contribution < 1.29 is 0 Å². The molecule has 1 aliphatic carbocycles. The van der Waals surface area contributed by atoms with Crippen molar-refractivity contribution in [3.63, 3.8) is 0 Å². The van der Waals surface area contributed by atoms with Crippen LogP contribution in [-0.4, -0.2) is 42.9 Å². The summed E-state index contributed by atoms with van der Waals surface area (Å²) in [6.07, 6.45) is 2.79. The van der Waals surface area contributed by atoms with Crippen LogP contribution in [0.25, 0.3) is 0 Å². The summed E-state index contributed by atoms with van der Waals surface area (Å²) in [6, 6.07) is 10.4. The Balaban J connectivity index is 1.46. The molecular formula is C16H24N2S. The molecule has 0 bridgehead atoms. The minimum Gasteiger partial charge on any atom is -0.315 e. The third kappa shape index (κ3) is 3.15. The van der Waals surface area contributed by atoms with Gasteiger partial charge in [-0.05, 0) is 38.4 Å². The summed E-state index contributed by atoms with van der Waals surface area (Å²) in [5.74, 6) is 1.93.